The van der Waals surface area contributed by atoms with Crippen molar-refractivity contribution < 1.29 is 14.1 Å². The monoisotopic (exact) mass is 395 g/mol. The van der Waals surface area contributed by atoms with Crippen molar-refractivity contribution in [1.82, 2.24) is 15.4 Å². The van der Waals surface area contributed by atoms with Crippen molar-refractivity contribution >= 4 is 23.2 Å². The third kappa shape index (κ3) is 3.45. The third-order valence-corrected chi connectivity index (χ3v) is 6.03. The molecule has 0 aliphatic carbocycles. The van der Waals surface area contributed by atoms with E-state index in [1.54, 1.807) is 29.4 Å². The zero-order chi connectivity index (χ0) is 19.6. The molecule has 4 rings (SSSR count). The number of carbonyl (C=O) groups is 2. The van der Waals surface area contributed by atoms with Gasteiger partial charge in [0.2, 0.25) is 11.7 Å². The lowest BCUT2D eigenvalue weighted by Gasteiger charge is -2.27. The predicted octanol–water partition coefficient (Wildman–Crippen LogP) is 3.22. The van der Waals surface area contributed by atoms with E-state index in [1.807, 2.05) is 0 Å². The van der Waals surface area contributed by atoms with Gasteiger partial charge in [-0.25, -0.2) is 0 Å². The van der Waals surface area contributed by atoms with E-state index in [-0.39, 0.29) is 17.6 Å². The number of amides is 2. The van der Waals surface area contributed by atoms with E-state index in [9.17, 15) is 9.59 Å². The van der Waals surface area contributed by atoms with Gasteiger partial charge in [-0.2, -0.15) is 11.3 Å². The fourth-order valence-corrected chi connectivity index (χ4v) is 4.50. The molecule has 0 radical (unpaired) electrons. The molecule has 1 aliphatic heterocycles. The van der Waals surface area contributed by atoms with E-state index in [0.717, 1.165) is 11.1 Å². The van der Waals surface area contributed by atoms with Crippen LogP contribution in [0.4, 0.5) is 0 Å². The predicted molar refractivity (Wildman–Crippen MR) is 107 cm³/mol. The lowest BCUT2D eigenvalue weighted by Crippen LogP contribution is -2.44. The summed E-state index contributed by atoms with van der Waals surface area (Å²) in [5, 5.41) is 10.6. The van der Waals surface area contributed by atoms with Crippen LogP contribution in [0.1, 0.15) is 22.5 Å². The molecular formula is C21H21N3O3S. The lowest BCUT2D eigenvalue weighted by atomic mass is 9.79. The summed E-state index contributed by atoms with van der Waals surface area (Å²) < 4.78 is 4.99. The highest BCUT2D eigenvalue weighted by Crippen LogP contribution is 2.36. The van der Waals surface area contributed by atoms with Gasteiger partial charge in [0.25, 0.3) is 5.91 Å². The topological polar surface area (TPSA) is 75.4 Å². The molecular weight excluding hydrogens is 374 g/mol. The zero-order valence-corrected chi connectivity index (χ0v) is 16.4. The number of rotatable bonds is 5. The van der Waals surface area contributed by atoms with Gasteiger partial charge in [0.05, 0.1) is 11.6 Å². The van der Waals surface area contributed by atoms with Crippen molar-refractivity contribution in [3.8, 4) is 11.1 Å². The first-order chi connectivity index (χ1) is 13.6. The molecule has 1 N–H and O–H groups in total. The van der Waals surface area contributed by atoms with Crippen molar-refractivity contribution in [2.24, 2.45) is 5.41 Å². The van der Waals surface area contributed by atoms with Gasteiger partial charge in [-0.05, 0) is 46.4 Å². The normalized spacial score (nSPS) is 19.0. The summed E-state index contributed by atoms with van der Waals surface area (Å²) in [4.78, 5) is 27.0. The molecule has 1 fully saturated rings. The number of carbonyl (C=O) groups excluding carboxylic acids is 2. The molecule has 1 aromatic carbocycles. The van der Waals surface area contributed by atoms with Crippen molar-refractivity contribution in [2.75, 3.05) is 20.1 Å². The number of nitrogens with zero attached hydrogens (tertiary/aromatic N) is 2. The smallest absolute Gasteiger partial charge is 0.292 e. The van der Waals surface area contributed by atoms with Gasteiger partial charge in [0.15, 0.2) is 0 Å². The van der Waals surface area contributed by atoms with Gasteiger partial charge in [-0.15, -0.1) is 0 Å². The molecule has 1 aliphatic rings. The van der Waals surface area contributed by atoms with Gasteiger partial charge in [0.1, 0.15) is 0 Å². The molecule has 0 unspecified atom stereocenters. The Hall–Kier alpha value is -2.93. The quantitative estimate of drug-likeness (QED) is 0.720. The largest absolute Gasteiger partial charge is 0.359 e. The molecule has 28 heavy (non-hydrogen) atoms. The Balaban J connectivity index is 1.54. The first kappa shape index (κ1) is 18.4. The summed E-state index contributed by atoms with van der Waals surface area (Å²) in [5.74, 6) is -0.0637. The van der Waals surface area contributed by atoms with Crippen LogP contribution in [0.2, 0.25) is 0 Å². The minimum absolute atomic E-state index is 0.0396. The average Bonchev–Trinajstić information content (AvgIpc) is 3.49. The molecule has 2 aromatic heterocycles. The van der Waals surface area contributed by atoms with Crippen LogP contribution in [-0.4, -0.2) is 42.0 Å². The van der Waals surface area contributed by atoms with Crippen LogP contribution in [0.3, 0.4) is 0 Å². The SMILES string of the molecule is CNC(=O)[C@]1(Cc2ccc(-c3ccsc3)cc2)CCN(C(=O)c2ccno2)C1. The Morgan fingerprint density at radius 2 is 2.04 bits per heavy atom. The van der Waals surface area contributed by atoms with Gasteiger partial charge in [0, 0.05) is 26.2 Å². The van der Waals surface area contributed by atoms with Crippen molar-refractivity contribution in [3.63, 3.8) is 0 Å². The van der Waals surface area contributed by atoms with E-state index in [4.69, 9.17) is 4.52 Å². The molecule has 144 valence electrons. The second kappa shape index (κ2) is 7.59. The molecule has 1 atom stereocenters. The van der Waals surface area contributed by atoms with E-state index < -0.39 is 5.41 Å². The van der Waals surface area contributed by atoms with Gasteiger partial charge in [-0.1, -0.05) is 29.4 Å². The van der Waals surface area contributed by atoms with Crippen molar-refractivity contribution in [1.29, 1.82) is 0 Å². The number of benzene rings is 1. The molecule has 0 saturated carbocycles. The molecule has 1 saturated heterocycles. The standard InChI is InChI=1S/C21H21N3O3S/c1-22-20(26)21(8-10-24(14-21)19(25)18-6-9-23-27-18)12-15-2-4-16(5-3-15)17-7-11-28-13-17/h2-7,9,11,13H,8,10,12,14H2,1H3,(H,22,26)/t21-/m0/s1. The summed E-state index contributed by atoms with van der Waals surface area (Å²) in [5.41, 5.74) is 2.79. The molecule has 2 amide bonds. The number of hydrogen-bond acceptors (Lipinski definition) is 5. The maximum absolute atomic E-state index is 12.8. The van der Waals surface area contributed by atoms with Crippen LogP contribution in [0.25, 0.3) is 11.1 Å². The first-order valence-electron chi connectivity index (χ1n) is 9.15. The summed E-state index contributed by atoms with van der Waals surface area (Å²) in [6.45, 7) is 0.873. The van der Waals surface area contributed by atoms with E-state index in [1.165, 1.54) is 11.8 Å². The Morgan fingerprint density at radius 1 is 1.21 bits per heavy atom. The molecule has 0 spiro atoms. The lowest BCUT2D eigenvalue weighted by molar-refractivity contribution is -0.129. The Bertz CT molecular complexity index is 951. The van der Waals surface area contributed by atoms with Crippen LogP contribution in [-0.2, 0) is 11.2 Å². The molecule has 3 heterocycles. The van der Waals surface area contributed by atoms with Crippen LogP contribution >= 0.6 is 11.3 Å². The van der Waals surface area contributed by atoms with Gasteiger partial charge >= 0.3 is 0 Å². The highest BCUT2D eigenvalue weighted by atomic mass is 32.1. The Kier molecular flexibility index (Phi) is 5.00. The minimum atomic E-state index is -0.645. The highest BCUT2D eigenvalue weighted by Gasteiger charge is 2.46. The van der Waals surface area contributed by atoms with E-state index >= 15 is 0 Å². The zero-order valence-electron chi connectivity index (χ0n) is 15.6. The van der Waals surface area contributed by atoms with Crippen molar-refractivity contribution in [2.45, 2.75) is 12.8 Å². The number of nitrogens with one attached hydrogen (secondary N) is 1. The third-order valence-electron chi connectivity index (χ3n) is 5.35. The van der Waals surface area contributed by atoms with E-state index in [2.05, 4.69) is 51.6 Å². The number of hydrogen-bond donors (Lipinski definition) is 1. The highest BCUT2D eigenvalue weighted by molar-refractivity contribution is 7.08. The van der Waals surface area contributed by atoms with Crippen molar-refractivity contribution in [3.05, 3.63) is 64.7 Å². The maximum atomic E-state index is 12.8. The molecule has 7 heteroatoms. The summed E-state index contributed by atoms with van der Waals surface area (Å²) in [7, 11) is 1.64. The Labute approximate surface area is 167 Å². The second-order valence-electron chi connectivity index (χ2n) is 7.10. The van der Waals surface area contributed by atoms with Crippen LogP contribution in [0.15, 0.2) is 57.9 Å². The summed E-state index contributed by atoms with van der Waals surface area (Å²) in [6.07, 6.45) is 2.64. The van der Waals surface area contributed by atoms with Crippen LogP contribution < -0.4 is 5.32 Å². The van der Waals surface area contributed by atoms with Crippen LogP contribution in [0.5, 0.6) is 0 Å². The van der Waals surface area contributed by atoms with Gasteiger partial charge < -0.3 is 14.7 Å². The molecule has 3 aromatic rings. The Morgan fingerprint density at radius 3 is 2.68 bits per heavy atom. The summed E-state index contributed by atoms with van der Waals surface area (Å²) >= 11 is 1.67. The fraction of sp³-hybridized carbons (Fsp3) is 0.286. The second-order valence-corrected chi connectivity index (χ2v) is 7.88. The van der Waals surface area contributed by atoms with E-state index in [0.29, 0.717) is 25.9 Å². The molecule has 0 bridgehead atoms. The number of aromatic nitrogens is 1. The van der Waals surface area contributed by atoms with Gasteiger partial charge in [-0.3, -0.25) is 9.59 Å². The number of likely N-dealkylation sites (tertiary alicyclic amines) is 1. The molecule has 6 nitrogen and oxygen atoms in total. The maximum Gasteiger partial charge on any atom is 0.292 e. The summed E-state index contributed by atoms with van der Waals surface area (Å²) in [6, 6.07) is 11.9. The average molecular weight is 395 g/mol. The van der Waals surface area contributed by atoms with Crippen LogP contribution in [0, 0.1) is 5.41 Å². The minimum Gasteiger partial charge on any atom is -0.359 e. The fourth-order valence-electron chi connectivity index (χ4n) is 3.84. The first-order valence-corrected chi connectivity index (χ1v) is 10.1. The number of thiophene rings is 1.